The summed E-state index contributed by atoms with van der Waals surface area (Å²) in [5.41, 5.74) is 2.94. The highest BCUT2D eigenvalue weighted by Gasteiger charge is 2.13. The fraction of sp³-hybridized carbons (Fsp3) is 0.0714. The van der Waals surface area contributed by atoms with Gasteiger partial charge in [0.15, 0.2) is 11.6 Å². The maximum absolute atomic E-state index is 12.8. The molecule has 3 aromatic carbocycles. The molecule has 0 bridgehead atoms. The predicted octanol–water partition coefficient (Wildman–Crippen LogP) is 4.68. The van der Waals surface area contributed by atoms with Gasteiger partial charge in [-0.15, -0.1) is 0 Å². The monoisotopic (exact) mass is 476 g/mol. The highest BCUT2D eigenvalue weighted by molar-refractivity contribution is 6.08. The molecule has 36 heavy (non-hydrogen) atoms. The minimum absolute atomic E-state index is 0.346. The molecular weight excluding hydrogens is 452 g/mol. The Balaban J connectivity index is 1.20. The first-order valence-electron chi connectivity index (χ1n) is 11.5. The van der Waals surface area contributed by atoms with E-state index in [2.05, 4.69) is 20.8 Å². The van der Waals surface area contributed by atoms with E-state index in [4.69, 9.17) is 0 Å². The Hall–Kier alpha value is -4.98. The average molecular weight is 477 g/mol. The van der Waals surface area contributed by atoms with Gasteiger partial charge in [-0.3, -0.25) is 19.0 Å². The summed E-state index contributed by atoms with van der Waals surface area (Å²) < 4.78 is 3.51. The summed E-state index contributed by atoms with van der Waals surface area (Å²) in [5.74, 6) is 0.188. The third-order valence-corrected chi connectivity index (χ3v) is 5.53. The molecule has 0 unspecified atom stereocenters. The Kier molecular flexibility index (Phi) is 6.66. The van der Waals surface area contributed by atoms with Crippen molar-refractivity contribution in [1.82, 2.24) is 19.6 Å². The number of benzene rings is 3. The van der Waals surface area contributed by atoms with E-state index in [1.54, 1.807) is 45.8 Å². The van der Waals surface area contributed by atoms with Crippen molar-refractivity contribution < 1.29 is 9.59 Å². The first kappa shape index (κ1) is 22.8. The average Bonchev–Trinajstić information content (AvgIpc) is 3.54. The van der Waals surface area contributed by atoms with E-state index in [0.717, 1.165) is 11.1 Å². The highest BCUT2D eigenvalue weighted by atomic mass is 16.2. The van der Waals surface area contributed by atoms with Crippen LogP contribution >= 0.6 is 0 Å². The molecule has 2 amide bonds. The topological polar surface area (TPSA) is 93.8 Å². The number of nitrogens with zero attached hydrogens (tertiary/aromatic N) is 4. The summed E-state index contributed by atoms with van der Waals surface area (Å²) >= 11 is 0. The molecule has 178 valence electrons. The lowest BCUT2D eigenvalue weighted by Crippen LogP contribution is -2.16. The molecule has 0 atom stereocenters. The van der Waals surface area contributed by atoms with E-state index in [-0.39, 0.29) is 11.8 Å². The number of nitrogens with one attached hydrogen (secondary N) is 2. The fourth-order valence-corrected chi connectivity index (χ4v) is 3.75. The Morgan fingerprint density at radius 1 is 0.583 bits per heavy atom. The zero-order chi connectivity index (χ0) is 24.7. The van der Waals surface area contributed by atoms with Crippen molar-refractivity contribution >= 4 is 23.5 Å². The van der Waals surface area contributed by atoms with Crippen LogP contribution in [-0.4, -0.2) is 31.4 Å². The Labute approximate surface area is 208 Å². The molecule has 0 aliphatic carbocycles. The summed E-state index contributed by atoms with van der Waals surface area (Å²) in [6.45, 7) is 1.21. The van der Waals surface area contributed by atoms with E-state index in [0.29, 0.717) is 35.9 Å². The molecule has 0 fully saturated rings. The predicted molar refractivity (Wildman–Crippen MR) is 138 cm³/mol. The standard InChI is InChI=1S/C28H24N6O2/c35-27(29-25-14-16-33(31-25)19-21-8-3-1-4-9-21)23-12-7-13-24(18-23)28(36)30-26-15-17-34(32-26)20-22-10-5-2-6-11-22/h1-18H,19-20H2,(H,29,31,35)(H,30,32,36). The lowest BCUT2D eigenvalue weighted by atomic mass is 10.1. The smallest absolute Gasteiger partial charge is 0.256 e. The lowest BCUT2D eigenvalue weighted by molar-refractivity contribution is 0.102. The zero-order valence-electron chi connectivity index (χ0n) is 19.4. The van der Waals surface area contributed by atoms with Gasteiger partial charge in [-0.05, 0) is 29.3 Å². The Morgan fingerprint density at radius 3 is 1.47 bits per heavy atom. The van der Waals surface area contributed by atoms with Gasteiger partial charge in [-0.25, -0.2) is 0 Å². The van der Waals surface area contributed by atoms with E-state index < -0.39 is 0 Å². The number of aromatic nitrogens is 4. The first-order valence-corrected chi connectivity index (χ1v) is 11.5. The Bertz CT molecular complexity index is 1370. The molecule has 8 nitrogen and oxygen atoms in total. The minimum Gasteiger partial charge on any atom is -0.305 e. The quantitative estimate of drug-likeness (QED) is 0.340. The summed E-state index contributed by atoms with van der Waals surface area (Å²) in [4.78, 5) is 25.6. The summed E-state index contributed by atoms with van der Waals surface area (Å²) in [6, 6.07) is 29.9. The van der Waals surface area contributed by atoms with Gasteiger partial charge in [0, 0.05) is 35.7 Å². The van der Waals surface area contributed by atoms with Gasteiger partial charge in [-0.1, -0.05) is 66.7 Å². The van der Waals surface area contributed by atoms with Crippen molar-refractivity contribution in [3.63, 3.8) is 0 Å². The molecule has 2 N–H and O–H groups in total. The number of carbonyl (C=O) groups is 2. The van der Waals surface area contributed by atoms with Crippen LogP contribution in [0.15, 0.2) is 109 Å². The van der Waals surface area contributed by atoms with Crippen LogP contribution in [0.3, 0.4) is 0 Å². The summed E-state index contributed by atoms with van der Waals surface area (Å²) in [6.07, 6.45) is 3.62. The highest BCUT2D eigenvalue weighted by Crippen LogP contribution is 2.13. The minimum atomic E-state index is -0.346. The van der Waals surface area contributed by atoms with Crippen molar-refractivity contribution in [1.29, 1.82) is 0 Å². The molecule has 0 aliphatic rings. The maximum atomic E-state index is 12.8. The van der Waals surface area contributed by atoms with Crippen LogP contribution in [0, 0.1) is 0 Å². The number of amides is 2. The number of rotatable bonds is 8. The first-order chi connectivity index (χ1) is 17.6. The molecule has 0 aliphatic heterocycles. The molecule has 0 spiro atoms. The number of carbonyl (C=O) groups excluding carboxylic acids is 2. The molecule has 0 saturated heterocycles. The van der Waals surface area contributed by atoms with Crippen LogP contribution < -0.4 is 10.6 Å². The van der Waals surface area contributed by atoms with E-state index >= 15 is 0 Å². The van der Waals surface area contributed by atoms with E-state index in [9.17, 15) is 9.59 Å². The van der Waals surface area contributed by atoms with Crippen molar-refractivity contribution in [2.45, 2.75) is 13.1 Å². The molecule has 2 heterocycles. The van der Waals surface area contributed by atoms with Crippen LogP contribution in [0.4, 0.5) is 11.6 Å². The van der Waals surface area contributed by atoms with Gasteiger partial charge in [0.2, 0.25) is 0 Å². The van der Waals surface area contributed by atoms with Gasteiger partial charge in [0.05, 0.1) is 13.1 Å². The van der Waals surface area contributed by atoms with Gasteiger partial charge < -0.3 is 10.6 Å². The van der Waals surface area contributed by atoms with Gasteiger partial charge in [-0.2, -0.15) is 10.2 Å². The SMILES string of the molecule is O=C(Nc1ccn(Cc2ccccc2)n1)c1cccc(C(=O)Nc2ccn(Cc3ccccc3)n2)c1. The van der Waals surface area contributed by atoms with Crippen LogP contribution in [0.5, 0.6) is 0 Å². The lowest BCUT2D eigenvalue weighted by Gasteiger charge is -2.06. The maximum Gasteiger partial charge on any atom is 0.256 e. The molecule has 0 saturated carbocycles. The van der Waals surface area contributed by atoms with Crippen LogP contribution in [0.25, 0.3) is 0 Å². The molecule has 8 heteroatoms. The van der Waals surface area contributed by atoms with Crippen molar-refractivity contribution in [2.24, 2.45) is 0 Å². The number of hydrogen-bond donors (Lipinski definition) is 2. The van der Waals surface area contributed by atoms with E-state index in [1.807, 2.05) is 73.1 Å². The molecule has 5 aromatic rings. The van der Waals surface area contributed by atoms with Crippen molar-refractivity contribution in [3.8, 4) is 0 Å². The van der Waals surface area contributed by atoms with Crippen LogP contribution in [0.2, 0.25) is 0 Å². The molecule has 5 rings (SSSR count). The summed E-state index contributed by atoms with van der Waals surface area (Å²) in [5, 5.41) is 14.4. The van der Waals surface area contributed by atoms with Gasteiger partial charge >= 0.3 is 0 Å². The third-order valence-electron chi connectivity index (χ3n) is 5.53. The van der Waals surface area contributed by atoms with Crippen molar-refractivity contribution in [2.75, 3.05) is 10.6 Å². The Morgan fingerprint density at radius 2 is 1.03 bits per heavy atom. The van der Waals surface area contributed by atoms with Crippen molar-refractivity contribution in [3.05, 3.63) is 132 Å². The second-order valence-electron chi connectivity index (χ2n) is 8.26. The van der Waals surface area contributed by atoms with Gasteiger partial charge in [0.25, 0.3) is 11.8 Å². The molecule has 2 aromatic heterocycles. The normalized spacial score (nSPS) is 10.7. The second kappa shape index (κ2) is 10.5. The second-order valence-corrected chi connectivity index (χ2v) is 8.26. The third kappa shape index (κ3) is 5.74. The largest absolute Gasteiger partial charge is 0.305 e. The van der Waals surface area contributed by atoms with Crippen LogP contribution in [-0.2, 0) is 13.1 Å². The fourth-order valence-electron chi connectivity index (χ4n) is 3.75. The van der Waals surface area contributed by atoms with Gasteiger partial charge in [0.1, 0.15) is 0 Å². The summed E-state index contributed by atoms with van der Waals surface area (Å²) in [7, 11) is 0. The van der Waals surface area contributed by atoms with E-state index in [1.165, 1.54) is 0 Å². The zero-order valence-corrected chi connectivity index (χ0v) is 19.4. The number of anilines is 2. The van der Waals surface area contributed by atoms with Crippen LogP contribution in [0.1, 0.15) is 31.8 Å². The molecule has 0 radical (unpaired) electrons. The number of hydrogen-bond acceptors (Lipinski definition) is 4. The molecular formula is C28H24N6O2.